The number of hydrogen-bond donors (Lipinski definition) is 1. The van der Waals surface area contributed by atoms with E-state index < -0.39 is 0 Å². The molecular weight excluding hydrogens is 224 g/mol. The lowest BCUT2D eigenvalue weighted by atomic mass is 10.0. The zero-order valence-corrected chi connectivity index (χ0v) is 10.4. The van der Waals surface area contributed by atoms with Crippen molar-refractivity contribution >= 4 is 16.6 Å². The van der Waals surface area contributed by atoms with E-state index in [1.165, 1.54) is 0 Å². The van der Waals surface area contributed by atoms with Gasteiger partial charge < -0.3 is 5.73 Å². The van der Waals surface area contributed by atoms with Crippen LogP contribution in [0.25, 0.3) is 22.0 Å². The van der Waals surface area contributed by atoms with Crippen LogP contribution in [0.1, 0.15) is 5.69 Å². The minimum Gasteiger partial charge on any atom is -0.398 e. The van der Waals surface area contributed by atoms with Gasteiger partial charge in [0.15, 0.2) is 0 Å². The van der Waals surface area contributed by atoms with E-state index in [1.807, 2.05) is 37.0 Å². The number of aryl methyl sites for hydroxylation is 2. The number of nitrogens with zero attached hydrogens (tertiary/aromatic N) is 3. The summed E-state index contributed by atoms with van der Waals surface area (Å²) in [5, 5.41) is 5.34. The van der Waals surface area contributed by atoms with Gasteiger partial charge in [-0.1, -0.05) is 6.07 Å². The molecule has 0 fully saturated rings. The van der Waals surface area contributed by atoms with E-state index in [9.17, 15) is 0 Å². The Bertz CT molecular complexity index is 728. The van der Waals surface area contributed by atoms with Crippen LogP contribution in [0, 0.1) is 6.92 Å². The lowest BCUT2D eigenvalue weighted by Gasteiger charge is -2.04. The lowest BCUT2D eigenvalue weighted by molar-refractivity contribution is 0.756. The maximum Gasteiger partial charge on any atom is 0.0723 e. The molecule has 0 radical (unpaired) electrons. The monoisotopic (exact) mass is 238 g/mol. The summed E-state index contributed by atoms with van der Waals surface area (Å²) < 4.78 is 1.82. The molecule has 2 heterocycles. The zero-order valence-electron chi connectivity index (χ0n) is 10.4. The van der Waals surface area contributed by atoms with Gasteiger partial charge in [-0.3, -0.25) is 9.67 Å². The number of nitrogens with two attached hydrogens (primary N) is 1. The van der Waals surface area contributed by atoms with Crippen LogP contribution in [-0.4, -0.2) is 14.8 Å². The molecule has 3 aromatic rings. The standard InChI is InChI=1S/C14H14N4/c1-9-12(8-18(2)17-9)10-3-4-14-11(7-10)13(15)5-6-16-14/h3-8H,1-2H3,(H2,15,16). The van der Waals surface area contributed by atoms with Gasteiger partial charge >= 0.3 is 0 Å². The van der Waals surface area contributed by atoms with E-state index in [-0.39, 0.29) is 0 Å². The van der Waals surface area contributed by atoms with Crippen molar-refractivity contribution in [1.82, 2.24) is 14.8 Å². The first-order valence-electron chi connectivity index (χ1n) is 5.80. The van der Waals surface area contributed by atoms with Crippen molar-refractivity contribution in [3.05, 3.63) is 42.4 Å². The molecule has 4 heteroatoms. The minimum absolute atomic E-state index is 0.753. The molecule has 0 amide bonds. The summed E-state index contributed by atoms with van der Waals surface area (Å²) in [6.07, 6.45) is 3.75. The summed E-state index contributed by atoms with van der Waals surface area (Å²) >= 11 is 0. The summed E-state index contributed by atoms with van der Waals surface area (Å²) in [6.45, 7) is 2.01. The number of pyridine rings is 1. The summed E-state index contributed by atoms with van der Waals surface area (Å²) in [7, 11) is 1.92. The third-order valence-electron chi connectivity index (χ3n) is 3.10. The minimum atomic E-state index is 0.753. The zero-order chi connectivity index (χ0) is 12.7. The molecule has 0 bridgehead atoms. The van der Waals surface area contributed by atoms with Crippen LogP contribution in [-0.2, 0) is 7.05 Å². The van der Waals surface area contributed by atoms with E-state index in [0.29, 0.717) is 0 Å². The molecule has 2 N–H and O–H groups in total. The fraction of sp³-hybridized carbons (Fsp3) is 0.143. The highest BCUT2D eigenvalue weighted by atomic mass is 15.2. The lowest BCUT2D eigenvalue weighted by Crippen LogP contribution is -1.89. The van der Waals surface area contributed by atoms with Crippen LogP contribution in [0.5, 0.6) is 0 Å². The van der Waals surface area contributed by atoms with Gasteiger partial charge in [-0.15, -0.1) is 0 Å². The Hall–Kier alpha value is -2.36. The fourth-order valence-electron chi connectivity index (χ4n) is 2.22. The average molecular weight is 238 g/mol. The number of hydrogen-bond acceptors (Lipinski definition) is 3. The van der Waals surface area contributed by atoms with Crippen molar-refractivity contribution in [1.29, 1.82) is 0 Å². The first-order chi connectivity index (χ1) is 8.65. The second-order valence-electron chi connectivity index (χ2n) is 4.43. The fourth-order valence-corrected chi connectivity index (χ4v) is 2.22. The second kappa shape index (κ2) is 3.84. The van der Waals surface area contributed by atoms with E-state index >= 15 is 0 Å². The molecule has 0 aliphatic rings. The molecule has 4 nitrogen and oxygen atoms in total. The van der Waals surface area contributed by atoms with Gasteiger partial charge in [0.25, 0.3) is 0 Å². The van der Waals surface area contributed by atoms with Crippen molar-refractivity contribution in [2.75, 3.05) is 5.73 Å². The Morgan fingerprint density at radius 2 is 2.06 bits per heavy atom. The van der Waals surface area contributed by atoms with Crippen LogP contribution in [0.4, 0.5) is 5.69 Å². The number of aromatic nitrogens is 3. The summed E-state index contributed by atoms with van der Waals surface area (Å²) in [5.41, 5.74) is 10.9. The molecule has 0 atom stereocenters. The van der Waals surface area contributed by atoms with Gasteiger partial charge in [-0.25, -0.2) is 0 Å². The first-order valence-corrected chi connectivity index (χ1v) is 5.80. The molecule has 18 heavy (non-hydrogen) atoms. The second-order valence-corrected chi connectivity index (χ2v) is 4.43. The maximum atomic E-state index is 5.99. The third-order valence-corrected chi connectivity index (χ3v) is 3.10. The first kappa shape index (κ1) is 10.8. The van der Waals surface area contributed by atoms with Gasteiger partial charge in [0.05, 0.1) is 11.2 Å². The number of rotatable bonds is 1. The summed E-state index contributed by atoms with van der Waals surface area (Å²) in [6, 6.07) is 7.94. The average Bonchev–Trinajstić information content (AvgIpc) is 2.69. The van der Waals surface area contributed by atoms with E-state index in [1.54, 1.807) is 6.20 Å². The highest BCUT2D eigenvalue weighted by molar-refractivity contribution is 5.93. The number of fused-ring (bicyclic) bond motifs is 1. The predicted octanol–water partition coefficient (Wildman–Crippen LogP) is 2.53. The Kier molecular flexibility index (Phi) is 2.30. The molecule has 2 aromatic heterocycles. The van der Waals surface area contributed by atoms with Crippen LogP contribution in [0.15, 0.2) is 36.7 Å². The molecule has 1 aromatic carbocycles. The van der Waals surface area contributed by atoms with Crippen molar-refractivity contribution in [3.63, 3.8) is 0 Å². The Balaban J connectivity index is 2.25. The highest BCUT2D eigenvalue weighted by Crippen LogP contribution is 2.27. The molecular formula is C14H14N4. The number of anilines is 1. The molecule has 0 aliphatic carbocycles. The van der Waals surface area contributed by atoms with Gasteiger partial charge in [0, 0.05) is 36.1 Å². The van der Waals surface area contributed by atoms with Gasteiger partial charge in [-0.05, 0) is 30.7 Å². The van der Waals surface area contributed by atoms with E-state index in [2.05, 4.69) is 22.2 Å². The van der Waals surface area contributed by atoms with Crippen molar-refractivity contribution in [2.45, 2.75) is 6.92 Å². The Morgan fingerprint density at radius 3 is 2.78 bits per heavy atom. The van der Waals surface area contributed by atoms with E-state index in [0.717, 1.165) is 33.4 Å². The van der Waals surface area contributed by atoms with Crippen LogP contribution in [0.3, 0.4) is 0 Å². The van der Waals surface area contributed by atoms with Crippen molar-refractivity contribution in [2.24, 2.45) is 7.05 Å². The summed E-state index contributed by atoms with van der Waals surface area (Å²) in [5.74, 6) is 0. The molecule has 90 valence electrons. The molecule has 0 spiro atoms. The topological polar surface area (TPSA) is 56.7 Å². The largest absolute Gasteiger partial charge is 0.398 e. The molecule has 0 saturated heterocycles. The van der Waals surface area contributed by atoms with Gasteiger partial charge in [0.1, 0.15) is 0 Å². The third kappa shape index (κ3) is 1.62. The van der Waals surface area contributed by atoms with Gasteiger partial charge in [-0.2, -0.15) is 5.10 Å². The van der Waals surface area contributed by atoms with Crippen LogP contribution < -0.4 is 5.73 Å². The Labute approximate surface area is 105 Å². The predicted molar refractivity (Wildman–Crippen MR) is 73.1 cm³/mol. The smallest absolute Gasteiger partial charge is 0.0723 e. The molecule has 0 unspecified atom stereocenters. The molecule has 0 aliphatic heterocycles. The SMILES string of the molecule is Cc1nn(C)cc1-c1ccc2nccc(N)c2c1. The molecule has 3 rings (SSSR count). The van der Waals surface area contributed by atoms with Crippen molar-refractivity contribution in [3.8, 4) is 11.1 Å². The van der Waals surface area contributed by atoms with E-state index in [4.69, 9.17) is 5.73 Å². The highest BCUT2D eigenvalue weighted by Gasteiger charge is 2.07. The van der Waals surface area contributed by atoms with Gasteiger partial charge in [0.2, 0.25) is 0 Å². The maximum absolute atomic E-state index is 5.99. The van der Waals surface area contributed by atoms with Crippen LogP contribution >= 0.6 is 0 Å². The molecule has 0 saturated carbocycles. The van der Waals surface area contributed by atoms with Crippen LogP contribution in [0.2, 0.25) is 0 Å². The normalized spacial score (nSPS) is 11.0. The summed E-state index contributed by atoms with van der Waals surface area (Å²) in [4.78, 5) is 4.30. The van der Waals surface area contributed by atoms with Crippen molar-refractivity contribution < 1.29 is 0 Å². The quantitative estimate of drug-likeness (QED) is 0.708. The number of nitrogen functional groups attached to an aromatic ring is 1. The number of benzene rings is 1. The Morgan fingerprint density at radius 1 is 1.22 bits per heavy atom.